The molecule has 0 aromatic heterocycles. The van der Waals surface area contributed by atoms with E-state index >= 15 is 0 Å². The van der Waals surface area contributed by atoms with Crippen molar-refractivity contribution in [2.24, 2.45) is 0 Å². The van der Waals surface area contributed by atoms with Gasteiger partial charge in [0.15, 0.2) is 5.79 Å². The number of amides is 1. The maximum Gasteiger partial charge on any atom is 0.217 e. The van der Waals surface area contributed by atoms with Gasteiger partial charge in [0.05, 0.1) is 18.8 Å². The fraction of sp³-hybridized carbons (Fsp3) is 0.562. The van der Waals surface area contributed by atoms with E-state index in [1.54, 1.807) is 6.92 Å². The van der Waals surface area contributed by atoms with Crippen LogP contribution in [0.15, 0.2) is 24.3 Å². The number of fused-ring (bicyclic) bond motifs is 1. The molecule has 20 heavy (non-hydrogen) atoms. The lowest BCUT2D eigenvalue weighted by atomic mass is 9.73. The van der Waals surface area contributed by atoms with E-state index < -0.39 is 11.3 Å². The Morgan fingerprint density at radius 1 is 1.20 bits per heavy atom. The second-order valence-electron chi connectivity index (χ2n) is 5.85. The molecule has 4 nitrogen and oxygen atoms in total. The molecule has 1 aromatic carbocycles. The smallest absolute Gasteiger partial charge is 0.217 e. The van der Waals surface area contributed by atoms with Gasteiger partial charge in [-0.3, -0.25) is 4.79 Å². The van der Waals surface area contributed by atoms with Gasteiger partial charge in [0.1, 0.15) is 0 Å². The molecule has 1 aliphatic heterocycles. The summed E-state index contributed by atoms with van der Waals surface area (Å²) in [5.41, 5.74) is 2.15. The molecule has 0 bridgehead atoms. The van der Waals surface area contributed by atoms with Crippen LogP contribution < -0.4 is 5.32 Å². The summed E-state index contributed by atoms with van der Waals surface area (Å²) in [6.07, 6.45) is 2.51. The van der Waals surface area contributed by atoms with Crippen LogP contribution in [-0.2, 0) is 27.1 Å². The third kappa shape index (κ3) is 2.13. The molecular formula is C16H21NO3. The number of carbonyl (C=O) groups excluding carboxylic acids is 1. The van der Waals surface area contributed by atoms with Crippen molar-refractivity contribution in [3.8, 4) is 0 Å². The Morgan fingerprint density at radius 2 is 1.85 bits per heavy atom. The molecule has 1 N–H and O–H groups in total. The number of hydrogen-bond acceptors (Lipinski definition) is 3. The first-order chi connectivity index (χ1) is 9.55. The minimum absolute atomic E-state index is 0.0373. The van der Waals surface area contributed by atoms with Gasteiger partial charge in [0.25, 0.3) is 0 Å². The summed E-state index contributed by atoms with van der Waals surface area (Å²) in [5, 5.41) is 3.13. The number of hydrogen-bond donors (Lipinski definition) is 1. The van der Waals surface area contributed by atoms with Crippen molar-refractivity contribution >= 4 is 5.91 Å². The first-order valence-electron chi connectivity index (χ1n) is 7.18. The van der Waals surface area contributed by atoms with Crippen LogP contribution in [0.2, 0.25) is 0 Å². The van der Waals surface area contributed by atoms with E-state index in [1.165, 1.54) is 11.1 Å². The average molecular weight is 275 g/mol. The van der Waals surface area contributed by atoms with Crippen LogP contribution in [0.5, 0.6) is 0 Å². The first kappa shape index (κ1) is 13.6. The van der Waals surface area contributed by atoms with Crippen molar-refractivity contribution in [3.63, 3.8) is 0 Å². The zero-order valence-electron chi connectivity index (χ0n) is 12.1. The highest BCUT2D eigenvalue weighted by atomic mass is 16.7. The molecule has 1 saturated heterocycles. The topological polar surface area (TPSA) is 47.6 Å². The molecule has 3 rings (SSSR count). The van der Waals surface area contributed by atoms with Crippen LogP contribution in [0, 0.1) is 0 Å². The van der Waals surface area contributed by atoms with Crippen molar-refractivity contribution in [2.75, 3.05) is 13.2 Å². The van der Waals surface area contributed by atoms with E-state index in [2.05, 4.69) is 23.5 Å². The zero-order chi connectivity index (χ0) is 14.2. The van der Waals surface area contributed by atoms with Crippen LogP contribution in [0.4, 0.5) is 0 Å². The highest BCUT2D eigenvalue weighted by Crippen LogP contribution is 2.41. The number of nitrogens with one attached hydrogen (secondary N) is 1. The molecule has 1 aromatic rings. The van der Waals surface area contributed by atoms with Gasteiger partial charge in [-0.2, -0.15) is 0 Å². The van der Waals surface area contributed by atoms with Crippen molar-refractivity contribution < 1.29 is 14.3 Å². The predicted octanol–water partition coefficient (Wildman–Crippen LogP) is 1.81. The summed E-state index contributed by atoms with van der Waals surface area (Å²) < 4.78 is 11.7. The van der Waals surface area contributed by atoms with Crippen LogP contribution in [-0.4, -0.2) is 30.4 Å². The number of ether oxygens (including phenoxy) is 2. The Hall–Kier alpha value is -1.39. The minimum atomic E-state index is -0.744. The lowest BCUT2D eigenvalue weighted by Crippen LogP contribution is -2.66. The largest absolute Gasteiger partial charge is 0.346 e. The van der Waals surface area contributed by atoms with E-state index in [0.717, 1.165) is 19.3 Å². The van der Waals surface area contributed by atoms with Crippen molar-refractivity contribution in [1.29, 1.82) is 0 Å². The highest BCUT2D eigenvalue weighted by Gasteiger charge is 2.54. The Labute approximate surface area is 119 Å². The Morgan fingerprint density at radius 3 is 2.50 bits per heavy atom. The lowest BCUT2D eigenvalue weighted by Gasteiger charge is -2.47. The summed E-state index contributed by atoms with van der Waals surface area (Å²) in [6, 6.07) is 8.39. The second-order valence-corrected chi connectivity index (χ2v) is 5.85. The van der Waals surface area contributed by atoms with Gasteiger partial charge in [-0.05, 0) is 30.9 Å². The molecule has 1 unspecified atom stereocenters. The Bertz CT molecular complexity index is 522. The molecule has 1 atom stereocenters. The molecule has 0 spiro atoms. The highest BCUT2D eigenvalue weighted by molar-refractivity contribution is 5.74. The number of benzene rings is 1. The predicted molar refractivity (Wildman–Crippen MR) is 75.3 cm³/mol. The normalized spacial score (nSPS) is 27.9. The third-order valence-electron chi connectivity index (χ3n) is 4.55. The van der Waals surface area contributed by atoms with E-state index in [0.29, 0.717) is 13.2 Å². The van der Waals surface area contributed by atoms with Crippen LogP contribution in [0.25, 0.3) is 0 Å². The summed E-state index contributed by atoms with van der Waals surface area (Å²) in [5.74, 6) is -0.781. The molecular weight excluding hydrogens is 254 g/mol. The maximum absolute atomic E-state index is 11.7. The van der Waals surface area contributed by atoms with Gasteiger partial charge >= 0.3 is 0 Å². The maximum atomic E-state index is 11.7. The van der Waals surface area contributed by atoms with Crippen molar-refractivity contribution in [2.45, 2.75) is 44.4 Å². The number of rotatable bonds is 2. The van der Waals surface area contributed by atoms with Crippen molar-refractivity contribution in [1.82, 2.24) is 5.32 Å². The van der Waals surface area contributed by atoms with E-state index in [4.69, 9.17) is 9.47 Å². The monoisotopic (exact) mass is 275 g/mol. The summed E-state index contributed by atoms with van der Waals surface area (Å²) >= 11 is 0. The van der Waals surface area contributed by atoms with Crippen LogP contribution >= 0.6 is 0 Å². The standard InChI is InChI=1S/C16H21NO3/c1-12(18)17-16(15(2)19-9-10-20-15)8-7-13-5-3-4-6-14(13)11-16/h3-6H,7-11H2,1-2H3,(H,17,18). The van der Waals surface area contributed by atoms with Gasteiger partial charge in [-0.1, -0.05) is 24.3 Å². The quantitative estimate of drug-likeness (QED) is 0.895. The molecule has 0 saturated carbocycles. The summed E-state index contributed by atoms with van der Waals surface area (Å²) in [7, 11) is 0. The van der Waals surface area contributed by atoms with Crippen molar-refractivity contribution in [3.05, 3.63) is 35.4 Å². The first-order valence-corrected chi connectivity index (χ1v) is 7.18. The fourth-order valence-corrected chi connectivity index (χ4v) is 3.47. The molecule has 108 valence electrons. The lowest BCUT2D eigenvalue weighted by molar-refractivity contribution is -0.204. The van der Waals surface area contributed by atoms with Crippen LogP contribution in [0.3, 0.4) is 0 Å². The van der Waals surface area contributed by atoms with Crippen LogP contribution in [0.1, 0.15) is 31.4 Å². The molecule has 2 aliphatic rings. The molecule has 4 heteroatoms. The fourth-order valence-electron chi connectivity index (χ4n) is 3.47. The summed E-state index contributed by atoms with van der Waals surface area (Å²) in [4.78, 5) is 11.7. The van der Waals surface area contributed by atoms with Gasteiger partial charge in [0, 0.05) is 13.3 Å². The SMILES string of the molecule is CC(=O)NC1(C2(C)OCCO2)CCc2ccccc2C1. The van der Waals surface area contributed by atoms with E-state index in [-0.39, 0.29) is 5.91 Å². The van der Waals surface area contributed by atoms with E-state index in [1.807, 2.05) is 13.0 Å². The third-order valence-corrected chi connectivity index (χ3v) is 4.55. The van der Waals surface area contributed by atoms with Gasteiger partial charge in [0.2, 0.25) is 5.91 Å². The minimum Gasteiger partial charge on any atom is -0.346 e. The Balaban J connectivity index is 1.98. The van der Waals surface area contributed by atoms with Gasteiger partial charge < -0.3 is 14.8 Å². The summed E-state index contributed by atoms with van der Waals surface area (Å²) in [6.45, 7) is 4.67. The number of carbonyl (C=O) groups is 1. The van der Waals surface area contributed by atoms with Gasteiger partial charge in [-0.15, -0.1) is 0 Å². The molecule has 1 aliphatic carbocycles. The molecule has 0 radical (unpaired) electrons. The second kappa shape index (κ2) is 4.86. The molecule has 1 fully saturated rings. The zero-order valence-corrected chi connectivity index (χ0v) is 12.1. The average Bonchev–Trinajstić information content (AvgIpc) is 2.86. The van der Waals surface area contributed by atoms with Gasteiger partial charge in [-0.25, -0.2) is 0 Å². The van der Waals surface area contributed by atoms with E-state index in [9.17, 15) is 4.79 Å². The molecule has 1 amide bonds. The molecule has 1 heterocycles. The number of aryl methyl sites for hydroxylation is 1. The Kier molecular flexibility index (Phi) is 3.30.